The Kier molecular flexibility index (Phi) is 3.90. The van der Waals surface area contributed by atoms with Crippen molar-refractivity contribution in [2.75, 3.05) is 7.11 Å². The van der Waals surface area contributed by atoms with Crippen LogP contribution in [0.25, 0.3) is 0 Å². The predicted molar refractivity (Wildman–Crippen MR) is 67.1 cm³/mol. The summed E-state index contributed by atoms with van der Waals surface area (Å²) in [4.78, 5) is 0.911. The zero-order chi connectivity index (χ0) is 11.6. The molecular weight excluding hydrogens is 244 g/mol. The van der Waals surface area contributed by atoms with Crippen LogP contribution in [0.1, 0.15) is 43.1 Å². The van der Waals surface area contributed by atoms with E-state index in [1.54, 1.807) is 7.11 Å². The summed E-state index contributed by atoms with van der Waals surface area (Å²) in [6, 6.07) is 3.73. The van der Waals surface area contributed by atoms with Crippen molar-refractivity contribution in [2.24, 2.45) is 0 Å². The molecule has 0 radical (unpaired) electrons. The summed E-state index contributed by atoms with van der Waals surface area (Å²) >= 11 is 7.34. The zero-order valence-corrected chi connectivity index (χ0v) is 11.0. The molecule has 1 unspecified atom stereocenters. The second-order valence-electron chi connectivity index (χ2n) is 4.37. The van der Waals surface area contributed by atoms with Crippen LogP contribution in [0.5, 0.6) is 0 Å². The molecule has 1 heterocycles. The Balaban J connectivity index is 2.20. The molecule has 1 atom stereocenters. The van der Waals surface area contributed by atoms with E-state index < -0.39 is 11.7 Å². The summed E-state index contributed by atoms with van der Waals surface area (Å²) in [5.74, 6) is 0. The van der Waals surface area contributed by atoms with Crippen LogP contribution in [0.2, 0.25) is 4.34 Å². The number of hydrogen-bond acceptors (Lipinski definition) is 3. The fourth-order valence-corrected chi connectivity index (χ4v) is 3.63. The Labute approximate surface area is 105 Å². The average molecular weight is 261 g/mol. The van der Waals surface area contributed by atoms with Crippen molar-refractivity contribution in [2.45, 2.75) is 43.8 Å². The van der Waals surface area contributed by atoms with Crippen molar-refractivity contribution in [3.63, 3.8) is 0 Å². The Morgan fingerprint density at radius 2 is 2.06 bits per heavy atom. The van der Waals surface area contributed by atoms with Crippen molar-refractivity contribution >= 4 is 22.9 Å². The van der Waals surface area contributed by atoms with Crippen molar-refractivity contribution in [1.29, 1.82) is 0 Å². The summed E-state index contributed by atoms with van der Waals surface area (Å²) in [6.45, 7) is 0. The first-order chi connectivity index (χ1) is 7.68. The molecule has 0 spiro atoms. The van der Waals surface area contributed by atoms with Crippen LogP contribution in [-0.2, 0) is 4.74 Å². The van der Waals surface area contributed by atoms with E-state index in [1.165, 1.54) is 17.8 Å². The molecule has 1 aromatic heterocycles. The van der Waals surface area contributed by atoms with Crippen LogP contribution in [0.4, 0.5) is 0 Å². The fourth-order valence-electron chi connectivity index (χ4n) is 2.47. The molecule has 0 aromatic carbocycles. The maximum Gasteiger partial charge on any atom is 0.117 e. The molecule has 1 fully saturated rings. The molecule has 0 saturated heterocycles. The quantitative estimate of drug-likeness (QED) is 0.896. The largest absolute Gasteiger partial charge is 0.385 e. The maximum absolute atomic E-state index is 10.4. The zero-order valence-electron chi connectivity index (χ0n) is 9.41. The number of aliphatic hydroxyl groups is 1. The molecular formula is C12H17ClO2S. The number of ether oxygens (including phenoxy) is 1. The van der Waals surface area contributed by atoms with Crippen LogP contribution in [0.3, 0.4) is 0 Å². The Bertz CT molecular complexity index is 345. The van der Waals surface area contributed by atoms with Crippen molar-refractivity contribution in [3.05, 3.63) is 21.3 Å². The lowest BCUT2D eigenvalue weighted by molar-refractivity contribution is -0.124. The monoisotopic (exact) mass is 260 g/mol. The SMILES string of the molecule is COC1(C(O)c2ccc(Cl)s2)CCCCC1. The summed E-state index contributed by atoms with van der Waals surface area (Å²) in [5, 5.41) is 10.4. The Morgan fingerprint density at radius 1 is 1.38 bits per heavy atom. The van der Waals surface area contributed by atoms with Gasteiger partial charge in [0.25, 0.3) is 0 Å². The first-order valence-electron chi connectivity index (χ1n) is 5.66. The molecule has 1 N–H and O–H groups in total. The van der Waals surface area contributed by atoms with E-state index in [-0.39, 0.29) is 0 Å². The lowest BCUT2D eigenvalue weighted by atomic mass is 9.80. The number of rotatable bonds is 3. The predicted octanol–water partition coefficient (Wildman–Crippen LogP) is 3.78. The number of aliphatic hydroxyl groups excluding tert-OH is 1. The van der Waals surface area contributed by atoms with Crippen LogP contribution in [0, 0.1) is 0 Å². The van der Waals surface area contributed by atoms with Crippen molar-refractivity contribution in [3.8, 4) is 0 Å². The highest BCUT2D eigenvalue weighted by molar-refractivity contribution is 7.16. The number of halogens is 1. The van der Waals surface area contributed by atoms with Gasteiger partial charge in [0.15, 0.2) is 0 Å². The highest BCUT2D eigenvalue weighted by Crippen LogP contribution is 2.43. The van der Waals surface area contributed by atoms with E-state index in [1.807, 2.05) is 12.1 Å². The van der Waals surface area contributed by atoms with E-state index in [0.717, 1.165) is 34.9 Å². The summed E-state index contributed by atoms with van der Waals surface area (Å²) in [6.07, 6.45) is 4.81. The van der Waals surface area contributed by atoms with Gasteiger partial charge in [0.2, 0.25) is 0 Å². The van der Waals surface area contributed by atoms with Gasteiger partial charge in [-0.2, -0.15) is 0 Å². The number of hydrogen-bond donors (Lipinski definition) is 1. The van der Waals surface area contributed by atoms with Gasteiger partial charge in [-0.15, -0.1) is 11.3 Å². The third-order valence-electron chi connectivity index (χ3n) is 3.47. The van der Waals surface area contributed by atoms with Gasteiger partial charge in [-0.25, -0.2) is 0 Å². The third-order valence-corrected chi connectivity index (χ3v) is 4.75. The van der Waals surface area contributed by atoms with Gasteiger partial charge in [-0.05, 0) is 25.0 Å². The van der Waals surface area contributed by atoms with Gasteiger partial charge in [-0.3, -0.25) is 0 Å². The van der Waals surface area contributed by atoms with Crippen LogP contribution in [-0.4, -0.2) is 17.8 Å². The molecule has 4 heteroatoms. The van der Waals surface area contributed by atoms with E-state index >= 15 is 0 Å². The summed E-state index contributed by atoms with van der Waals surface area (Å²) in [5.41, 5.74) is -0.396. The van der Waals surface area contributed by atoms with E-state index in [4.69, 9.17) is 16.3 Å². The Morgan fingerprint density at radius 3 is 2.56 bits per heavy atom. The van der Waals surface area contributed by atoms with Crippen LogP contribution in [0.15, 0.2) is 12.1 Å². The molecule has 0 amide bonds. The minimum absolute atomic E-state index is 0.396. The molecule has 1 aliphatic carbocycles. The second kappa shape index (κ2) is 5.05. The van der Waals surface area contributed by atoms with E-state index in [0.29, 0.717) is 0 Å². The normalized spacial score (nSPS) is 21.9. The first kappa shape index (κ1) is 12.4. The summed E-state index contributed by atoms with van der Waals surface area (Å²) in [7, 11) is 1.70. The molecule has 16 heavy (non-hydrogen) atoms. The Hall–Kier alpha value is -0.0900. The molecule has 90 valence electrons. The maximum atomic E-state index is 10.4. The topological polar surface area (TPSA) is 29.5 Å². The van der Waals surface area contributed by atoms with Crippen LogP contribution < -0.4 is 0 Å². The third kappa shape index (κ3) is 2.28. The van der Waals surface area contributed by atoms with E-state index in [2.05, 4.69) is 0 Å². The molecule has 0 bridgehead atoms. The van der Waals surface area contributed by atoms with Gasteiger partial charge >= 0.3 is 0 Å². The highest BCUT2D eigenvalue weighted by atomic mass is 35.5. The molecule has 1 saturated carbocycles. The highest BCUT2D eigenvalue weighted by Gasteiger charge is 2.40. The molecule has 2 rings (SSSR count). The number of methoxy groups -OCH3 is 1. The smallest absolute Gasteiger partial charge is 0.117 e. The van der Waals surface area contributed by atoms with Gasteiger partial charge in [0.1, 0.15) is 6.10 Å². The van der Waals surface area contributed by atoms with Crippen LogP contribution >= 0.6 is 22.9 Å². The van der Waals surface area contributed by atoms with Gasteiger partial charge in [0, 0.05) is 12.0 Å². The molecule has 1 aromatic rings. The molecule has 1 aliphatic rings. The molecule has 2 nitrogen and oxygen atoms in total. The first-order valence-corrected chi connectivity index (χ1v) is 6.86. The second-order valence-corrected chi connectivity index (χ2v) is 6.12. The lowest BCUT2D eigenvalue weighted by Crippen LogP contribution is -2.40. The van der Waals surface area contributed by atoms with Gasteiger partial charge in [0.05, 0.1) is 9.94 Å². The lowest BCUT2D eigenvalue weighted by Gasteiger charge is -2.39. The fraction of sp³-hybridized carbons (Fsp3) is 0.667. The minimum atomic E-state index is -0.546. The van der Waals surface area contributed by atoms with E-state index in [9.17, 15) is 5.11 Å². The van der Waals surface area contributed by atoms with Crippen molar-refractivity contribution in [1.82, 2.24) is 0 Å². The number of thiophene rings is 1. The average Bonchev–Trinajstić information content (AvgIpc) is 2.76. The summed E-state index contributed by atoms with van der Waals surface area (Å²) < 4.78 is 6.34. The standard InChI is InChI=1S/C12H17ClO2S/c1-15-12(7-3-2-4-8-12)11(14)9-5-6-10(13)16-9/h5-6,11,14H,2-4,7-8H2,1H3. The van der Waals surface area contributed by atoms with Crippen molar-refractivity contribution < 1.29 is 9.84 Å². The molecule has 0 aliphatic heterocycles. The minimum Gasteiger partial charge on any atom is -0.385 e. The van der Waals surface area contributed by atoms with Gasteiger partial charge < -0.3 is 9.84 Å². The van der Waals surface area contributed by atoms with Gasteiger partial charge in [-0.1, -0.05) is 30.9 Å².